The molecule has 3 heteroatoms. The van der Waals surface area contributed by atoms with Gasteiger partial charge in [-0.2, -0.15) is 0 Å². The molecular weight excluding hydrogens is 631 g/mol. The maximum Gasteiger partial charge on any atom is 0.0542 e. The summed E-state index contributed by atoms with van der Waals surface area (Å²) in [5.41, 5.74) is 11.8. The van der Waals surface area contributed by atoms with E-state index in [1.54, 1.807) is 0 Å². The fraction of sp³-hybridized carbons (Fsp3) is 0.0204. The number of hydrogen-bond donors (Lipinski definition) is 0. The lowest BCUT2D eigenvalue weighted by molar-refractivity contribution is 1.07. The van der Waals surface area contributed by atoms with E-state index in [2.05, 4.69) is 209 Å². The van der Waals surface area contributed by atoms with Gasteiger partial charge >= 0.3 is 0 Å². The van der Waals surface area contributed by atoms with Crippen molar-refractivity contribution in [1.82, 2.24) is 13.7 Å². The van der Waals surface area contributed by atoms with E-state index in [0.29, 0.717) is 0 Å². The van der Waals surface area contributed by atoms with Crippen LogP contribution in [0.5, 0.6) is 0 Å². The highest BCUT2D eigenvalue weighted by molar-refractivity contribution is 6.12. The van der Waals surface area contributed by atoms with Crippen LogP contribution in [0.2, 0.25) is 0 Å². The molecule has 0 N–H and O–H groups in total. The molecule has 52 heavy (non-hydrogen) atoms. The zero-order valence-electron chi connectivity index (χ0n) is 28.9. The summed E-state index contributed by atoms with van der Waals surface area (Å²) >= 11 is 0. The lowest BCUT2D eigenvalue weighted by atomic mass is 10.0. The maximum atomic E-state index is 4.56. The SMILES string of the molecule is C=c1/c(=C\C=C/C)c2cc(-n3c4ccccc4c4cc(-c5ccc6c(c5)c5ccccc5n6-c5ccccc5)ccc43)ccc2n1-c1ccccc1. The van der Waals surface area contributed by atoms with E-state index in [-0.39, 0.29) is 0 Å². The first-order chi connectivity index (χ1) is 25.7. The molecule has 3 heterocycles. The number of benzene rings is 7. The maximum absolute atomic E-state index is 4.56. The van der Waals surface area contributed by atoms with Gasteiger partial charge in [-0.3, -0.25) is 0 Å². The van der Waals surface area contributed by atoms with Crippen LogP contribution in [-0.2, 0) is 0 Å². The predicted molar refractivity (Wildman–Crippen MR) is 221 cm³/mol. The van der Waals surface area contributed by atoms with Gasteiger partial charge in [-0.25, -0.2) is 0 Å². The third-order valence-electron chi connectivity index (χ3n) is 10.5. The number of aromatic nitrogens is 3. The molecule has 0 saturated carbocycles. The molecular formula is C49H35N3. The molecule has 0 amide bonds. The fourth-order valence-corrected chi connectivity index (χ4v) is 8.18. The van der Waals surface area contributed by atoms with Gasteiger partial charge in [-0.05, 0) is 96.9 Å². The summed E-state index contributed by atoms with van der Waals surface area (Å²) in [6.45, 7) is 6.61. The highest BCUT2D eigenvalue weighted by Gasteiger charge is 2.17. The van der Waals surface area contributed by atoms with Crippen LogP contribution in [0.25, 0.3) is 95.4 Å². The van der Waals surface area contributed by atoms with Gasteiger partial charge in [0.25, 0.3) is 0 Å². The third kappa shape index (κ3) is 4.53. The number of hydrogen-bond acceptors (Lipinski definition) is 0. The van der Waals surface area contributed by atoms with Gasteiger partial charge < -0.3 is 13.7 Å². The van der Waals surface area contributed by atoms with Gasteiger partial charge in [0.2, 0.25) is 0 Å². The summed E-state index contributed by atoms with van der Waals surface area (Å²) in [5.74, 6) is 0. The number of para-hydroxylation sites is 4. The van der Waals surface area contributed by atoms with E-state index in [1.807, 2.05) is 0 Å². The van der Waals surface area contributed by atoms with Crippen molar-refractivity contribution < 1.29 is 0 Å². The van der Waals surface area contributed by atoms with Crippen LogP contribution in [-0.4, -0.2) is 13.7 Å². The topological polar surface area (TPSA) is 14.8 Å². The van der Waals surface area contributed by atoms with Crippen molar-refractivity contribution in [3.8, 4) is 28.2 Å². The Morgan fingerprint density at radius 3 is 1.44 bits per heavy atom. The van der Waals surface area contributed by atoms with Gasteiger partial charge in [0.1, 0.15) is 0 Å². The minimum atomic E-state index is 0.979. The molecule has 7 aromatic carbocycles. The number of nitrogens with zero attached hydrogens (tertiary/aromatic N) is 3. The molecule has 0 aliphatic rings. The molecule has 0 spiro atoms. The van der Waals surface area contributed by atoms with Crippen LogP contribution < -0.4 is 10.6 Å². The summed E-state index contributed by atoms with van der Waals surface area (Å²) in [6.07, 6.45) is 6.35. The van der Waals surface area contributed by atoms with Crippen molar-refractivity contribution in [2.75, 3.05) is 0 Å². The van der Waals surface area contributed by atoms with E-state index in [0.717, 1.165) is 27.5 Å². The minimum absolute atomic E-state index is 0.979. The van der Waals surface area contributed by atoms with Crippen LogP contribution in [0.1, 0.15) is 6.92 Å². The van der Waals surface area contributed by atoms with E-state index < -0.39 is 0 Å². The van der Waals surface area contributed by atoms with E-state index >= 15 is 0 Å². The van der Waals surface area contributed by atoms with E-state index in [1.165, 1.54) is 65.8 Å². The normalized spacial score (nSPS) is 12.4. The van der Waals surface area contributed by atoms with Gasteiger partial charge in [0.05, 0.1) is 27.6 Å². The molecule has 0 radical (unpaired) electrons. The lowest BCUT2D eigenvalue weighted by Crippen LogP contribution is -2.26. The van der Waals surface area contributed by atoms with Crippen molar-refractivity contribution in [2.45, 2.75) is 6.92 Å². The Labute approximate surface area is 301 Å². The second-order valence-corrected chi connectivity index (χ2v) is 13.4. The van der Waals surface area contributed by atoms with Gasteiger partial charge in [0.15, 0.2) is 0 Å². The van der Waals surface area contributed by atoms with Crippen molar-refractivity contribution in [2.24, 2.45) is 0 Å². The lowest BCUT2D eigenvalue weighted by Gasteiger charge is -2.10. The molecule has 3 nitrogen and oxygen atoms in total. The summed E-state index contributed by atoms with van der Waals surface area (Å²) < 4.78 is 7.04. The van der Waals surface area contributed by atoms with E-state index in [4.69, 9.17) is 0 Å². The molecule has 0 bridgehead atoms. The predicted octanol–water partition coefficient (Wildman–Crippen LogP) is 11.3. The zero-order valence-corrected chi connectivity index (χ0v) is 28.9. The van der Waals surface area contributed by atoms with Crippen LogP contribution in [0.15, 0.2) is 176 Å². The quantitative estimate of drug-likeness (QED) is 0.174. The van der Waals surface area contributed by atoms with Crippen molar-refractivity contribution in [3.63, 3.8) is 0 Å². The summed E-state index contributed by atoms with van der Waals surface area (Å²) in [5, 5.41) is 8.27. The monoisotopic (exact) mass is 665 g/mol. The Balaban J connectivity index is 1.17. The Morgan fingerprint density at radius 1 is 0.404 bits per heavy atom. The second kappa shape index (κ2) is 11.9. The molecule has 0 saturated heterocycles. The summed E-state index contributed by atoms with van der Waals surface area (Å²) in [6, 6.07) is 59.3. The molecule has 10 aromatic rings. The molecule has 0 atom stereocenters. The zero-order chi connectivity index (χ0) is 34.8. The smallest absolute Gasteiger partial charge is 0.0542 e. The van der Waals surface area contributed by atoms with Gasteiger partial charge in [0, 0.05) is 54.6 Å². The Bertz CT molecular complexity index is 3140. The molecule has 0 aliphatic carbocycles. The Kier molecular flexibility index (Phi) is 6.87. The van der Waals surface area contributed by atoms with Crippen LogP contribution >= 0.6 is 0 Å². The van der Waals surface area contributed by atoms with Crippen molar-refractivity contribution in [1.29, 1.82) is 0 Å². The molecule has 0 aliphatic heterocycles. The standard InChI is InChI=1S/C49H35N3/c1-3-4-19-39-33(2)50(36-15-7-5-8-16-36)47-29-26-38(32-44(39)47)52-46-23-14-12-21-41(46)43-31-35(25-28-49(43)52)34-24-27-48-42(30-34)40-20-11-13-22-45(40)51(48)37-17-9-6-10-18-37/h3-32H,2H2,1H3/b4-3-,39-19+. The van der Waals surface area contributed by atoms with Gasteiger partial charge in [-0.15, -0.1) is 0 Å². The van der Waals surface area contributed by atoms with Crippen molar-refractivity contribution in [3.05, 3.63) is 187 Å². The average molecular weight is 666 g/mol. The number of fused-ring (bicyclic) bond motifs is 7. The van der Waals surface area contributed by atoms with Crippen LogP contribution in [0.3, 0.4) is 0 Å². The largest absolute Gasteiger partial charge is 0.310 e. The molecule has 0 fully saturated rings. The summed E-state index contributed by atoms with van der Waals surface area (Å²) in [7, 11) is 0. The average Bonchev–Trinajstić information content (AvgIpc) is 3.81. The third-order valence-corrected chi connectivity index (χ3v) is 10.5. The highest BCUT2D eigenvalue weighted by Crippen LogP contribution is 2.38. The van der Waals surface area contributed by atoms with E-state index in [9.17, 15) is 0 Å². The fourth-order valence-electron chi connectivity index (χ4n) is 8.18. The first-order valence-corrected chi connectivity index (χ1v) is 17.8. The molecule has 246 valence electrons. The molecule has 10 rings (SSSR count). The first kappa shape index (κ1) is 30.0. The number of allylic oxidation sites excluding steroid dienone is 2. The van der Waals surface area contributed by atoms with Crippen molar-refractivity contribution >= 4 is 67.2 Å². The van der Waals surface area contributed by atoms with Gasteiger partial charge in [-0.1, -0.05) is 110 Å². The van der Waals surface area contributed by atoms with Crippen LogP contribution in [0, 0.1) is 0 Å². The summed E-state index contributed by atoms with van der Waals surface area (Å²) in [4.78, 5) is 0. The first-order valence-electron chi connectivity index (χ1n) is 17.8. The molecule has 3 aromatic heterocycles. The second-order valence-electron chi connectivity index (χ2n) is 13.4. The number of rotatable bonds is 5. The Morgan fingerprint density at radius 2 is 0.865 bits per heavy atom. The highest BCUT2D eigenvalue weighted by atomic mass is 15.0. The molecule has 0 unspecified atom stereocenters. The minimum Gasteiger partial charge on any atom is -0.310 e. The Hall–Kier alpha value is -6.84. The van der Waals surface area contributed by atoms with Crippen LogP contribution in [0.4, 0.5) is 0 Å².